The summed E-state index contributed by atoms with van der Waals surface area (Å²) in [6.45, 7) is 0. The Balaban J connectivity index is 1.40. The van der Waals surface area contributed by atoms with Crippen LogP contribution in [0, 0.1) is 0 Å². The lowest BCUT2D eigenvalue weighted by molar-refractivity contribution is -0.286. The quantitative estimate of drug-likeness (QED) is 0.605. The summed E-state index contributed by atoms with van der Waals surface area (Å²) in [5.41, 5.74) is 1.17. The fraction of sp³-hybridized carbons (Fsp3) is 0.182. The molecule has 1 fully saturated rings. The standard InChI is InChI=1S/C22H15ClF2N2O3/c23-15-7-9-18(26-19(15)13-4-2-1-3-5-13)27-20(28)21(10-11-21)14-6-8-16-17(12-14)30-22(24,25)29-16/h1-9,12H,10-11H2,(H,26,27,28). The summed E-state index contributed by atoms with van der Waals surface area (Å²) in [5.74, 6) is -0.0249. The predicted molar refractivity (Wildman–Crippen MR) is 107 cm³/mol. The number of carbonyl (C=O) groups excluding carboxylic acids is 1. The first-order valence-corrected chi connectivity index (χ1v) is 9.68. The molecule has 1 aliphatic carbocycles. The van der Waals surface area contributed by atoms with Gasteiger partial charge in [-0.05, 0) is 42.7 Å². The molecule has 152 valence electrons. The number of ether oxygens (including phenoxy) is 2. The van der Waals surface area contributed by atoms with Crippen LogP contribution in [0.15, 0.2) is 60.7 Å². The van der Waals surface area contributed by atoms with Crippen LogP contribution in [0.4, 0.5) is 14.6 Å². The Labute approximate surface area is 175 Å². The maximum absolute atomic E-state index is 13.3. The summed E-state index contributed by atoms with van der Waals surface area (Å²) >= 11 is 6.28. The maximum atomic E-state index is 13.3. The smallest absolute Gasteiger partial charge is 0.395 e. The molecule has 0 spiro atoms. The van der Waals surface area contributed by atoms with Crippen molar-refractivity contribution in [1.29, 1.82) is 0 Å². The number of nitrogens with zero attached hydrogens (tertiary/aromatic N) is 1. The Kier molecular flexibility index (Phi) is 4.18. The molecule has 5 nitrogen and oxygen atoms in total. The molecule has 1 N–H and O–H groups in total. The van der Waals surface area contributed by atoms with E-state index in [2.05, 4.69) is 19.8 Å². The van der Waals surface area contributed by atoms with E-state index in [4.69, 9.17) is 11.6 Å². The number of anilines is 1. The molecular weight excluding hydrogens is 414 g/mol. The van der Waals surface area contributed by atoms with Crippen LogP contribution in [0.1, 0.15) is 18.4 Å². The molecular formula is C22H15ClF2N2O3. The van der Waals surface area contributed by atoms with Crippen LogP contribution in [0.2, 0.25) is 5.02 Å². The van der Waals surface area contributed by atoms with E-state index in [0.717, 1.165) is 5.56 Å². The number of amides is 1. The zero-order valence-corrected chi connectivity index (χ0v) is 16.2. The summed E-state index contributed by atoms with van der Waals surface area (Å²) in [6.07, 6.45) is -2.51. The van der Waals surface area contributed by atoms with Crippen molar-refractivity contribution in [3.63, 3.8) is 0 Å². The Hall–Kier alpha value is -3.19. The van der Waals surface area contributed by atoms with E-state index < -0.39 is 11.7 Å². The molecule has 8 heteroatoms. The third-order valence-electron chi connectivity index (χ3n) is 5.27. The van der Waals surface area contributed by atoms with Crippen molar-refractivity contribution in [3.8, 4) is 22.8 Å². The highest BCUT2D eigenvalue weighted by Crippen LogP contribution is 2.52. The van der Waals surface area contributed by atoms with E-state index >= 15 is 0 Å². The van der Waals surface area contributed by atoms with Gasteiger partial charge in [-0.3, -0.25) is 4.79 Å². The number of carbonyl (C=O) groups is 1. The second-order valence-corrected chi connectivity index (χ2v) is 7.67. The number of halogens is 3. The van der Waals surface area contributed by atoms with Crippen LogP contribution in [0.5, 0.6) is 11.5 Å². The minimum atomic E-state index is -3.69. The van der Waals surface area contributed by atoms with E-state index in [1.807, 2.05) is 30.3 Å². The molecule has 1 saturated carbocycles. The average molecular weight is 429 g/mol. The van der Waals surface area contributed by atoms with Gasteiger partial charge >= 0.3 is 6.29 Å². The van der Waals surface area contributed by atoms with Crippen LogP contribution in [-0.4, -0.2) is 17.2 Å². The molecule has 0 unspecified atom stereocenters. The zero-order valence-electron chi connectivity index (χ0n) is 15.5. The number of hydrogen-bond donors (Lipinski definition) is 1. The minimum Gasteiger partial charge on any atom is -0.395 e. The lowest BCUT2D eigenvalue weighted by Gasteiger charge is -2.16. The minimum absolute atomic E-state index is 0.0492. The van der Waals surface area contributed by atoms with Gasteiger partial charge in [0.15, 0.2) is 11.5 Å². The number of aromatic nitrogens is 1. The van der Waals surface area contributed by atoms with Gasteiger partial charge in [0.05, 0.1) is 16.1 Å². The highest BCUT2D eigenvalue weighted by atomic mass is 35.5. The monoisotopic (exact) mass is 428 g/mol. The molecule has 1 aliphatic heterocycles. The fourth-order valence-corrected chi connectivity index (χ4v) is 3.78. The van der Waals surface area contributed by atoms with Gasteiger partial charge < -0.3 is 14.8 Å². The summed E-state index contributed by atoms with van der Waals surface area (Å²) < 4.78 is 35.5. The number of fused-ring (bicyclic) bond motifs is 1. The van der Waals surface area contributed by atoms with Crippen LogP contribution in [0.25, 0.3) is 11.3 Å². The number of rotatable bonds is 4. The average Bonchev–Trinajstić information content (AvgIpc) is 3.47. The van der Waals surface area contributed by atoms with Crippen molar-refractivity contribution in [1.82, 2.24) is 4.98 Å². The molecule has 5 rings (SSSR count). The molecule has 0 bridgehead atoms. The first-order chi connectivity index (χ1) is 14.4. The van der Waals surface area contributed by atoms with Gasteiger partial charge in [-0.1, -0.05) is 48.0 Å². The van der Waals surface area contributed by atoms with Gasteiger partial charge in [-0.15, -0.1) is 8.78 Å². The normalized spacial score (nSPS) is 17.4. The first-order valence-electron chi connectivity index (χ1n) is 9.30. The molecule has 1 amide bonds. The molecule has 0 radical (unpaired) electrons. The third-order valence-corrected chi connectivity index (χ3v) is 5.58. The number of hydrogen-bond acceptors (Lipinski definition) is 4. The van der Waals surface area contributed by atoms with Crippen LogP contribution < -0.4 is 14.8 Å². The highest BCUT2D eigenvalue weighted by Gasteiger charge is 2.53. The van der Waals surface area contributed by atoms with Gasteiger partial charge in [-0.25, -0.2) is 4.98 Å². The SMILES string of the molecule is O=C(Nc1ccc(Cl)c(-c2ccccc2)n1)C1(c2ccc3c(c2)OC(F)(F)O3)CC1. The summed E-state index contributed by atoms with van der Waals surface area (Å²) in [4.78, 5) is 17.5. The molecule has 2 heterocycles. The van der Waals surface area contributed by atoms with Gasteiger partial charge in [-0.2, -0.15) is 0 Å². The van der Waals surface area contributed by atoms with Crippen molar-refractivity contribution >= 4 is 23.3 Å². The van der Waals surface area contributed by atoms with E-state index in [-0.39, 0.29) is 17.4 Å². The van der Waals surface area contributed by atoms with E-state index in [9.17, 15) is 13.6 Å². The van der Waals surface area contributed by atoms with Crippen LogP contribution in [-0.2, 0) is 10.2 Å². The molecule has 30 heavy (non-hydrogen) atoms. The number of nitrogens with one attached hydrogen (secondary N) is 1. The largest absolute Gasteiger partial charge is 0.586 e. The lowest BCUT2D eigenvalue weighted by atomic mass is 9.94. The highest BCUT2D eigenvalue weighted by molar-refractivity contribution is 6.33. The number of benzene rings is 2. The third kappa shape index (κ3) is 3.25. The number of alkyl halides is 2. The molecule has 0 atom stereocenters. The van der Waals surface area contributed by atoms with Gasteiger partial charge in [0, 0.05) is 5.56 Å². The predicted octanol–water partition coefficient (Wildman–Crippen LogP) is 5.39. The van der Waals surface area contributed by atoms with Crippen molar-refractivity contribution in [3.05, 3.63) is 71.2 Å². The Morgan fingerprint density at radius 1 is 1.00 bits per heavy atom. The topological polar surface area (TPSA) is 60.5 Å². The van der Waals surface area contributed by atoms with Gasteiger partial charge in [0.1, 0.15) is 5.82 Å². The lowest BCUT2D eigenvalue weighted by Crippen LogP contribution is -2.28. The molecule has 2 aromatic carbocycles. The first kappa shape index (κ1) is 18.8. The van der Waals surface area contributed by atoms with Crippen molar-refractivity contribution < 1.29 is 23.0 Å². The Morgan fingerprint density at radius 2 is 1.73 bits per heavy atom. The second-order valence-electron chi connectivity index (χ2n) is 7.26. The molecule has 2 aliphatic rings. The number of pyridine rings is 1. The second kappa shape index (κ2) is 6.67. The van der Waals surface area contributed by atoms with E-state index in [0.29, 0.717) is 34.9 Å². The summed E-state index contributed by atoms with van der Waals surface area (Å²) in [6, 6.07) is 17.2. The molecule has 3 aromatic rings. The van der Waals surface area contributed by atoms with Crippen LogP contribution >= 0.6 is 11.6 Å². The van der Waals surface area contributed by atoms with Gasteiger partial charge in [0.2, 0.25) is 5.91 Å². The van der Waals surface area contributed by atoms with E-state index in [1.165, 1.54) is 12.1 Å². The Morgan fingerprint density at radius 3 is 2.47 bits per heavy atom. The molecule has 1 aromatic heterocycles. The van der Waals surface area contributed by atoms with Crippen LogP contribution in [0.3, 0.4) is 0 Å². The summed E-state index contributed by atoms with van der Waals surface area (Å²) in [5, 5.41) is 3.31. The molecule has 0 saturated heterocycles. The van der Waals surface area contributed by atoms with Crippen molar-refractivity contribution in [2.45, 2.75) is 24.6 Å². The van der Waals surface area contributed by atoms with E-state index in [1.54, 1.807) is 18.2 Å². The Bertz CT molecular complexity index is 1150. The maximum Gasteiger partial charge on any atom is 0.586 e. The van der Waals surface area contributed by atoms with Gasteiger partial charge in [0.25, 0.3) is 0 Å². The zero-order chi connectivity index (χ0) is 20.9. The van der Waals surface area contributed by atoms with Crippen molar-refractivity contribution in [2.24, 2.45) is 0 Å². The fourth-order valence-electron chi connectivity index (χ4n) is 3.56. The van der Waals surface area contributed by atoms with Crippen molar-refractivity contribution in [2.75, 3.05) is 5.32 Å². The summed E-state index contributed by atoms with van der Waals surface area (Å²) in [7, 11) is 0.